The first-order valence-corrected chi connectivity index (χ1v) is 12.6. The van der Waals surface area contributed by atoms with Crippen LogP contribution in [0.15, 0.2) is 36.4 Å². The van der Waals surface area contributed by atoms with Crippen molar-refractivity contribution in [1.82, 2.24) is 10.2 Å². The van der Waals surface area contributed by atoms with Gasteiger partial charge >= 0.3 is 12.0 Å². The van der Waals surface area contributed by atoms with Crippen LogP contribution >= 0.6 is 23.2 Å². The summed E-state index contributed by atoms with van der Waals surface area (Å²) in [6, 6.07) is 9.91. The molecule has 0 spiro atoms. The molecule has 36 heavy (non-hydrogen) atoms. The number of carbonyl (C=O) groups excluding carboxylic acids is 2. The first-order valence-electron chi connectivity index (χ1n) is 11.9. The fourth-order valence-corrected chi connectivity index (χ4v) is 5.34. The molecule has 3 amide bonds. The predicted octanol–water partition coefficient (Wildman–Crippen LogP) is 4.34. The monoisotopic (exact) mass is 535 g/mol. The normalized spacial score (nSPS) is 21.5. The van der Waals surface area contributed by atoms with Crippen molar-refractivity contribution in [3.8, 4) is 11.1 Å². The summed E-state index contributed by atoms with van der Waals surface area (Å²) >= 11 is 13.1. The number of nitrogens with zero attached hydrogens (tertiary/aromatic N) is 1. The Bertz CT molecular complexity index is 1080. The number of halogens is 2. The van der Waals surface area contributed by atoms with E-state index in [4.69, 9.17) is 28.3 Å². The Morgan fingerprint density at radius 2 is 1.58 bits per heavy atom. The second-order valence-electron chi connectivity index (χ2n) is 9.10. The van der Waals surface area contributed by atoms with Crippen molar-refractivity contribution in [1.29, 1.82) is 0 Å². The fraction of sp³-hybridized carbons (Fsp3) is 0.423. The predicted molar refractivity (Wildman–Crippen MR) is 139 cm³/mol. The van der Waals surface area contributed by atoms with Gasteiger partial charge < -0.3 is 26.2 Å². The third kappa shape index (κ3) is 6.90. The maximum absolute atomic E-state index is 13.0. The van der Waals surface area contributed by atoms with Crippen LogP contribution in [0.2, 0.25) is 10.0 Å². The number of nitrogens with one attached hydrogen (secondary N) is 1. The quantitative estimate of drug-likeness (QED) is 0.451. The van der Waals surface area contributed by atoms with Gasteiger partial charge in [-0.05, 0) is 79.5 Å². The smallest absolute Gasteiger partial charge is 0.335 e. The molecule has 10 heteroatoms. The van der Waals surface area contributed by atoms with Crippen LogP contribution in [0.4, 0.5) is 4.79 Å². The van der Waals surface area contributed by atoms with Crippen molar-refractivity contribution >= 4 is 41.1 Å². The molecule has 4 rings (SSSR count). The number of aromatic carboxylic acids is 1. The number of benzene rings is 2. The Morgan fingerprint density at radius 3 is 2.08 bits per heavy atom. The molecule has 1 heterocycles. The van der Waals surface area contributed by atoms with E-state index >= 15 is 0 Å². The third-order valence-corrected chi connectivity index (χ3v) is 7.44. The number of aliphatic hydroxyl groups is 1. The number of hydrogen-bond acceptors (Lipinski definition) is 4. The van der Waals surface area contributed by atoms with E-state index in [9.17, 15) is 19.5 Å². The first-order chi connectivity index (χ1) is 17.1. The van der Waals surface area contributed by atoms with Gasteiger partial charge in [0.05, 0.1) is 11.7 Å². The van der Waals surface area contributed by atoms with Gasteiger partial charge in [-0.15, -0.1) is 0 Å². The molecule has 2 aliphatic rings. The minimum atomic E-state index is -0.974. The maximum atomic E-state index is 13.0. The number of carboxylic acids is 1. The average molecular weight is 536 g/mol. The second kappa shape index (κ2) is 12.4. The molecule has 0 aromatic heterocycles. The standard InChI is InChI=1S/C24H25Cl2NO4.C2H6N2O/c25-21-12-17(14-1-3-15(4-2-14)24(30)31)13-22(26)20(21)11-16-9-10-27(23(16)29)18-5-7-19(28)8-6-18;1-4-2(3)5/h1-4,12-13,16,18-19,28H,5-11H2,(H,30,31);1H3,(H3,3,4,5)/t16-,18-,19-;/m0./s1. The number of amides is 3. The molecule has 1 saturated heterocycles. The van der Waals surface area contributed by atoms with Gasteiger partial charge in [0, 0.05) is 35.6 Å². The summed E-state index contributed by atoms with van der Waals surface area (Å²) in [7, 11) is 1.47. The fourth-order valence-electron chi connectivity index (χ4n) is 4.70. The molecular formula is C26H31Cl2N3O5. The molecule has 194 valence electrons. The number of aliphatic hydroxyl groups excluding tert-OH is 1. The summed E-state index contributed by atoms with van der Waals surface area (Å²) in [5.74, 6) is -0.956. The molecule has 1 aliphatic heterocycles. The van der Waals surface area contributed by atoms with Crippen LogP contribution in [0.1, 0.15) is 48.0 Å². The van der Waals surface area contributed by atoms with Gasteiger partial charge in [-0.2, -0.15) is 0 Å². The number of primary amides is 1. The lowest BCUT2D eigenvalue weighted by molar-refractivity contribution is -0.133. The second-order valence-corrected chi connectivity index (χ2v) is 9.91. The Kier molecular flexibility index (Phi) is 9.59. The Balaban J connectivity index is 0.000000658. The molecule has 2 fully saturated rings. The highest BCUT2D eigenvalue weighted by Crippen LogP contribution is 2.36. The molecule has 2 aromatic carbocycles. The molecule has 1 atom stereocenters. The Morgan fingerprint density at radius 1 is 1.03 bits per heavy atom. The molecular weight excluding hydrogens is 505 g/mol. The van der Waals surface area contributed by atoms with Crippen LogP contribution in [-0.2, 0) is 11.2 Å². The van der Waals surface area contributed by atoms with E-state index in [1.807, 2.05) is 17.0 Å². The molecule has 0 bridgehead atoms. The molecule has 8 nitrogen and oxygen atoms in total. The van der Waals surface area contributed by atoms with Gasteiger partial charge in [-0.3, -0.25) is 4.79 Å². The largest absolute Gasteiger partial charge is 0.478 e. The molecule has 0 radical (unpaired) electrons. The summed E-state index contributed by atoms with van der Waals surface area (Å²) in [5.41, 5.74) is 7.15. The summed E-state index contributed by atoms with van der Waals surface area (Å²) in [5, 5.41) is 22.0. The van der Waals surface area contributed by atoms with E-state index in [0.29, 0.717) is 16.5 Å². The average Bonchev–Trinajstić information content (AvgIpc) is 3.22. The maximum Gasteiger partial charge on any atom is 0.335 e. The summed E-state index contributed by atoms with van der Waals surface area (Å²) in [4.78, 5) is 35.5. The van der Waals surface area contributed by atoms with Crippen molar-refractivity contribution < 1.29 is 24.6 Å². The molecule has 5 N–H and O–H groups in total. The first kappa shape index (κ1) is 27.8. The lowest BCUT2D eigenvalue weighted by Gasteiger charge is -2.33. The van der Waals surface area contributed by atoms with Gasteiger partial charge in [-0.25, -0.2) is 9.59 Å². The number of carbonyl (C=O) groups is 3. The zero-order chi connectivity index (χ0) is 26.4. The number of urea groups is 1. The van der Waals surface area contributed by atoms with E-state index < -0.39 is 12.0 Å². The van der Waals surface area contributed by atoms with Crippen LogP contribution < -0.4 is 11.1 Å². The SMILES string of the molecule is CNC(N)=O.O=C(O)c1ccc(-c2cc(Cl)c(C[C@@H]3CCN([C@H]4CC[C@H](O)CC4)C3=O)c(Cl)c2)cc1. The van der Waals surface area contributed by atoms with Gasteiger partial charge in [-0.1, -0.05) is 35.3 Å². The van der Waals surface area contributed by atoms with Gasteiger partial charge in [0.25, 0.3) is 0 Å². The van der Waals surface area contributed by atoms with E-state index in [1.54, 1.807) is 24.3 Å². The molecule has 1 aliphatic carbocycles. The van der Waals surface area contributed by atoms with E-state index in [-0.39, 0.29) is 29.5 Å². The van der Waals surface area contributed by atoms with Crippen molar-refractivity contribution in [2.75, 3.05) is 13.6 Å². The Hall–Kier alpha value is -2.81. The van der Waals surface area contributed by atoms with Crippen LogP contribution in [0.3, 0.4) is 0 Å². The van der Waals surface area contributed by atoms with Crippen LogP contribution in [-0.4, -0.2) is 58.8 Å². The number of rotatable bonds is 5. The highest BCUT2D eigenvalue weighted by molar-refractivity contribution is 6.36. The number of nitrogens with two attached hydrogens (primary N) is 1. The van der Waals surface area contributed by atoms with Gasteiger partial charge in [0.1, 0.15) is 0 Å². The lowest BCUT2D eigenvalue weighted by Crippen LogP contribution is -2.41. The topological polar surface area (TPSA) is 133 Å². The lowest BCUT2D eigenvalue weighted by atomic mass is 9.92. The highest BCUT2D eigenvalue weighted by Gasteiger charge is 2.37. The van der Waals surface area contributed by atoms with Crippen LogP contribution in [0.25, 0.3) is 11.1 Å². The minimum Gasteiger partial charge on any atom is -0.478 e. The number of carboxylic acid groups (broad SMARTS) is 1. The van der Waals surface area contributed by atoms with Crippen molar-refractivity contribution in [3.05, 3.63) is 57.6 Å². The third-order valence-electron chi connectivity index (χ3n) is 6.76. The summed E-state index contributed by atoms with van der Waals surface area (Å²) in [6.45, 7) is 0.744. The van der Waals surface area contributed by atoms with Crippen molar-refractivity contribution in [3.63, 3.8) is 0 Å². The van der Waals surface area contributed by atoms with E-state index in [2.05, 4.69) is 11.1 Å². The van der Waals surface area contributed by atoms with Gasteiger partial charge in [0.2, 0.25) is 5.91 Å². The minimum absolute atomic E-state index is 0.137. The summed E-state index contributed by atoms with van der Waals surface area (Å²) in [6.07, 6.45) is 4.27. The molecule has 0 unspecified atom stereocenters. The summed E-state index contributed by atoms with van der Waals surface area (Å²) < 4.78 is 0. The molecule has 2 aromatic rings. The van der Waals surface area contributed by atoms with Gasteiger partial charge in [0.15, 0.2) is 0 Å². The number of likely N-dealkylation sites (tertiary alicyclic amines) is 1. The zero-order valence-corrected chi connectivity index (χ0v) is 21.6. The van der Waals surface area contributed by atoms with Crippen LogP contribution in [0, 0.1) is 5.92 Å². The van der Waals surface area contributed by atoms with Crippen molar-refractivity contribution in [2.24, 2.45) is 11.7 Å². The van der Waals surface area contributed by atoms with E-state index in [0.717, 1.165) is 55.3 Å². The number of hydrogen-bond donors (Lipinski definition) is 4. The molecule has 1 saturated carbocycles. The van der Waals surface area contributed by atoms with Crippen LogP contribution in [0.5, 0.6) is 0 Å². The zero-order valence-electron chi connectivity index (χ0n) is 20.0. The van der Waals surface area contributed by atoms with E-state index in [1.165, 1.54) is 7.05 Å². The van der Waals surface area contributed by atoms with Crippen molar-refractivity contribution in [2.45, 2.75) is 50.7 Å². The highest BCUT2D eigenvalue weighted by atomic mass is 35.5. The Labute approximate surface area is 220 Å².